The van der Waals surface area contributed by atoms with E-state index in [0.717, 1.165) is 54.3 Å². The normalized spacial score (nSPS) is 11.0. The van der Waals surface area contributed by atoms with Gasteiger partial charge in [0, 0.05) is 22.8 Å². The zero-order chi connectivity index (χ0) is 24.4. The number of hydrogen-bond donors (Lipinski definition) is 1. The average Bonchev–Trinajstić information content (AvgIpc) is 3.19. The second-order valence-corrected chi connectivity index (χ2v) is 7.59. The molecule has 2 aromatic carbocycles. The van der Waals surface area contributed by atoms with E-state index in [1.54, 1.807) is 7.11 Å². The molecule has 0 spiro atoms. The number of rotatable bonds is 8. The summed E-state index contributed by atoms with van der Waals surface area (Å²) in [6.07, 6.45) is 1.05. The zero-order valence-electron chi connectivity index (χ0n) is 18.4. The van der Waals surface area contributed by atoms with Crippen molar-refractivity contribution in [1.82, 2.24) is 9.55 Å². The number of methoxy groups -OCH3 is 1. The van der Waals surface area contributed by atoms with Crippen LogP contribution in [-0.4, -0.2) is 33.9 Å². The first kappa shape index (κ1) is 26.3. The van der Waals surface area contributed by atoms with Gasteiger partial charge in [0.25, 0.3) is 0 Å². The van der Waals surface area contributed by atoms with Gasteiger partial charge < -0.3 is 14.4 Å². The molecule has 9 heteroatoms. The summed E-state index contributed by atoms with van der Waals surface area (Å²) < 4.78 is 39.5. The summed E-state index contributed by atoms with van der Waals surface area (Å²) in [5, 5.41) is 7.95. The molecule has 3 aromatic rings. The molecule has 0 aliphatic rings. The predicted molar refractivity (Wildman–Crippen MR) is 122 cm³/mol. The van der Waals surface area contributed by atoms with Gasteiger partial charge in [-0.3, -0.25) is 0 Å². The summed E-state index contributed by atoms with van der Waals surface area (Å²) in [5.74, 6) is -1.89. The van der Waals surface area contributed by atoms with E-state index in [1.165, 1.54) is 11.3 Å². The Morgan fingerprint density at radius 2 is 1.76 bits per heavy atom. The third-order valence-electron chi connectivity index (χ3n) is 4.90. The molecule has 0 atom stereocenters. The van der Waals surface area contributed by atoms with Crippen LogP contribution in [0.15, 0.2) is 54.9 Å². The average molecular weight is 483 g/mol. The number of carboxylic acids is 1. The number of hydrogen-bond acceptors (Lipinski definition) is 3. The molecule has 0 saturated heterocycles. The van der Waals surface area contributed by atoms with E-state index in [9.17, 15) is 13.2 Å². The summed E-state index contributed by atoms with van der Waals surface area (Å²) >= 11 is 6.31. The first-order valence-corrected chi connectivity index (χ1v) is 10.8. The van der Waals surface area contributed by atoms with Gasteiger partial charge in [-0.25, -0.2) is 9.78 Å². The number of halogens is 4. The van der Waals surface area contributed by atoms with Crippen LogP contribution in [0.1, 0.15) is 31.0 Å². The highest BCUT2D eigenvalue weighted by Crippen LogP contribution is 2.32. The van der Waals surface area contributed by atoms with E-state index in [4.69, 9.17) is 31.2 Å². The molecule has 0 unspecified atom stereocenters. The van der Waals surface area contributed by atoms with Crippen molar-refractivity contribution >= 4 is 17.6 Å². The highest BCUT2D eigenvalue weighted by molar-refractivity contribution is 6.31. The lowest BCUT2D eigenvalue weighted by atomic mass is 10.1. The Morgan fingerprint density at radius 1 is 1.12 bits per heavy atom. The molecule has 178 valence electrons. The number of alkyl halides is 3. The van der Waals surface area contributed by atoms with Crippen molar-refractivity contribution in [1.29, 1.82) is 0 Å². The predicted octanol–water partition coefficient (Wildman–Crippen LogP) is 6.43. The fourth-order valence-corrected chi connectivity index (χ4v) is 3.44. The number of para-hydroxylation sites is 1. The maximum absolute atomic E-state index is 10.6. The third kappa shape index (κ3) is 7.53. The molecule has 33 heavy (non-hydrogen) atoms. The van der Waals surface area contributed by atoms with Crippen molar-refractivity contribution in [2.75, 3.05) is 7.11 Å². The lowest BCUT2D eigenvalue weighted by Gasteiger charge is -2.12. The minimum Gasteiger partial charge on any atom is -0.496 e. The lowest BCUT2D eigenvalue weighted by Crippen LogP contribution is -2.21. The molecule has 0 fully saturated rings. The van der Waals surface area contributed by atoms with E-state index in [1.807, 2.05) is 42.7 Å². The van der Waals surface area contributed by atoms with Crippen LogP contribution in [0.4, 0.5) is 13.2 Å². The Morgan fingerprint density at radius 3 is 2.36 bits per heavy atom. The highest BCUT2D eigenvalue weighted by atomic mass is 35.5. The fraction of sp³-hybridized carbons (Fsp3) is 0.333. The Bertz CT molecular complexity index is 1050. The number of carboxylic acid groups (broad SMARTS) is 1. The topological polar surface area (TPSA) is 64.4 Å². The number of nitrogens with zero attached hydrogens (tertiary/aromatic N) is 2. The van der Waals surface area contributed by atoms with Crippen LogP contribution in [-0.2, 0) is 24.2 Å². The number of unbranched alkanes of at least 4 members (excludes halogenated alkanes) is 1. The molecule has 0 radical (unpaired) electrons. The molecule has 0 aliphatic carbocycles. The maximum Gasteiger partial charge on any atom is 0.490 e. The Kier molecular flexibility index (Phi) is 9.78. The minimum atomic E-state index is -5.08. The SMILES string of the molecule is CCCCc1c(-c2ccccc2OC)ncn1CCc1ccccc1Cl.O=C(O)C(F)(F)F. The van der Waals surface area contributed by atoms with Gasteiger partial charge in [0.05, 0.1) is 19.1 Å². The lowest BCUT2D eigenvalue weighted by molar-refractivity contribution is -0.192. The van der Waals surface area contributed by atoms with Crippen molar-refractivity contribution in [3.05, 3.63) is 71.1 Å². The van der Waals surface area contributed by atoms with E-state index >= 15 is 0 Å². The van der Waals surface area contributed by atoms with Crippen LogP contribution in [0.5, 0.6) is 5.75 Å². The molecule has 5 nitrogen and oxygen atoms in total. The Hall–Kier alpha value is -3.00. The van der Waals surface area contributed by atoms with E-state index in [0.29, 0.717) is 0 Å². The van der Waals surface area contributed by atoms with Gasteiger partial charge >= 0.3 is 12.1 Å². The molecule has 0 amide bonds. The number of benzene rings is 2. The largest absolute Gasteiger partial charge is 0.496 e. The van der Waals surface area contributed by atoms with Gasteiger partial charge in [-0.15, -0.1) is 0 Å². The molecule has 1 N–H and O–H groups in total. The second kappa shape index (κ2) is 12.3. The van der Waals surface area contributed by atoms with Crippen LogP contribution < -0.4 is 4.74 Å². The summed E-state index contributed by atoms with van der Waals surface area (Å²) in [6, 6.07) is 16.1. The Balaban J connectivity index is 0.000000479. The number of carbonyl (C=O) groups is 1. The smallest absolute Gasteiger partial charge is 0.490 e. The summed E-state index contributed by atoms with van der Waals surface area (Å²) in [7, 11) is 1.71. The molecular weight excluding hydrogens is 457 g/mol. The van der Waals surface area contributed by atoms with Gasteiger partial charge in [0.2, 0.25) is 0 Å². The number of imidazole rings is 1. The number of aryl methyl sites for hydroxylation is 2. The second-order valence-electron chi connectivity index (χ2n) is 7.18. The molecule has 0 bridgehead atoms. The molecule has 1 aromatic heterocycles. The van der Waals surface area contributed by atoms with Gasteiger partial charge in [-0.05, 0) is 43.0 Å². The first-order chi connectivity index (χ1) is 15.7. The van der Waals surface area contributed by atoms with Crippen LogP contribution in [0, 0.1) is 0 Å². The van der Waals surface area contributed by atoms with Gasteiger partial charge in [0.1, 0.15) is 5.75 Å². The number of aromatic nitrogens is 2. The quantitative estimate of drug-likeness (QED) is 0.402. The van der Waals surface area contributed by atoms with Crippen LogP contribution in [0.3, 0.4) is 0 Å². The monoisotopic (exact) mass is 482 g/mol. The fourth-order valence-electron chi connectivity index (χ4n) is 3.21. The van der Waals surface area contributed by atoms with Crippen LogP contribution in [0.2, 0.25) is 5.02 Å². The highest BCUT2D eigenvalue weighted by Gasteiger charge is 2.38. The van der Waals surface area contributed by atoms with Crippen molar-refractivity contribution in [2.45, 2.75) is 45.3 Å². The van der Waals surface area contributed by atoms with Crippen molar-refractivity contribution in [2.24, 2.45) is 0 Å². The van der Waals surface area contributed by atoms with Crippen molar-refractivity contribution in [3.63, 3.8) is 0 Å². The van der Waals surface area contributed by atoms with E-state index in [-0.39, 0.29) is 0 Å². The molecule has 1 heterocycles. The van der Waals surface area contributed by atoms with Gasteiger partial charge in [0.15, 0.2) is 0 Å². The summed E-state index contributed by atoms with van der Waals surface area (Å²) in [5.41, 5.74) is 4.51. The molecular formula is C24H26ClF3N2O3. The standard InChI is InChI=1S/C22H25ClN2O.C2HF3O2/c1-3-4-12-20-22(18-10-6-8-13-21(18)26-2)24-16-25(20)15-14-17-9-5-7-11-19(17)23;3-2(4,5)1(6)7/h5-11,13,16H,3-4,12,14-15H2,1-2H3;(H,6,7). The zero-order valence-corrected chi connectivity index (χ0v) is 19.2. The van der Waals surface area contributed by atoms with E-state index in [2.05, 4.69) is 23.6 Å². The van der Waals surface area contributed by atoms with Crippen molar-refractivity contribution < 1.29 is 27.8 Å². The minimum absolute atomic E-state index is 0.827. The van der Waals surface area contributed by atoms with Crippen LogP contribution >= 0.6 is 11.6 Å². The molecule has 0 saturated carbocycles. The molecule has 3 rings (SSSR count). The van der Waals surface area contributed by atoms with Crippen molar-refractivity contribution in [3.8, 4) is 17.0 Å². The molecule has 0 aliphatic heterocycles. The summed E-state index contributed by atoms with van der Waals surface area (Å²) in [6.45, 7) is 3.08. The van der Waals surface area contributed by atoms with Gasteiger partial charge in [-0.1, -0.05) is 55.3 Å². The summed E-state index contributed by atoms with van der Waals surface area (Å²) in [4.78, 5) is 13.6. The number of aliphatic carboxylic acids is 1. The maximum atomic E-state index is 10.6. The van der Waals surface area contributed by atoms with Crippen LogP contribution in [0.25, 0.3) is 11.3 Å². The number of ether oxygens (including phenoxy) is 1. The van der Waals surface area contributed by atoms with Gasteiger partial charge in [-0.2, -0.15) is 13.2 Å². The Labute approximate surface area is 195 Å². The first-order valence-electron chi connectivity index (χ1n) is 10.4. The third-order valence-corrected chi connectivity index (χ3v) is 5.27. The van der Waals surface area contributed by atoms with E-state index < -0.39 is 12.1 Å².